The SMILES string of the molecule is C[C@@H](Oc1cccc(C#N)c1)C(=O)c1ccc(Cl)cc1. The zero-order valence-electron chi connectivity index (χ0n) is 10.8. The molecule has 2 aromatic carbocycles. The minimum atomic E-state index is -0.634. The molecule has 100 valence electrons. The number of hydrogen-bond acceptors (Lipinski definition) is 3. The fraction of sp³-hybridized carbons (Fsp3) is 0.125. The molecule has 0 saturated heterocycles. The zero-order valence-corrected chi connectivity index (χ0v) is 11.6. The van der Waals surface area contributed by atoms with Crippen LogP contribution in [0.15, 0.2) is 48.5 Å². The van der Waals surface area contributed by atoms with Crippen LogP contribution in [0, 0.1) is 11.3 Å². The predicted molar refractivity (Wildman–Crippen MR) is 77.0 cm³/mol. The van der Waals surface area contributed by atoms with Crippen LogP contribution in [0.1, 0.15) is 22.8 Å². The van der Waals surface area contributed by atoms with Crippen LogP contribution in [0.25, 0.3) is 0 Å². The van der Waals surface area contributed by atoms with Gasteiger partial charge in [0.15, 0.2) is 6.10 Å². The van der Waals surface area contributed by atoms with Crippen LogP contribution in [0.2, 0.25) is 5.02 Å². The minimum absolute atomic E-state index is 0.135. The van der Waals surface area contributed by atoms with Gasteiger partial charge < -0.3 is 4.74 Å². The van der Waals surface area contributed by atoms with Gasteiger partial charge in [-0.2, -0.15) is 5.26 Å². The van der Waals surface area contributed by atoms with Crippen molar-refractivity contribution < 1.29 is 9.53 Å². The van der Waals surface area contributed by atoms with Crippen LogP contribution in [-0.2, 0) is 0 Å². The van der Waals surface area contributed by atoms with Gasteiger partial charge >= 0.3 is 0 Å². The minimum Gasteiger partial charge on any atom is -0.483 e. The number of Topliss-reactive ketones (excluding diaryl/α,β-unsaturated/α-hetero) is 1. The Labute approximate surface area is 122 Å². The maximum absolute atomic E-state index is 12.2. The van der Waals surface area contributed by atoms with Crippen molar-refractivity contribution >= 4 is 17.4 Å². The van der Waals surface area contributed by atoms with Gasteiger partial charge in [0, 0.05) is 10.6 Å². The highest BCUT2D eigenvalue weighted by Gasteiger charge is 2.16. The molecule has 0 amide bonds. The first-order valence-corrected chi connectivity index (χ1v) is 6.44. The maximum Gasteiger partial charge on any atom is 0.202 e. The Hall–Kier alpha value is -2.31. The molecular formula is C16H12ClNO2. The Morgan fingerprint density at radius 2 is 1.95 bits per heavy atom. The normalized spacial score (nSPS) is 11.4. The summed E-state index contributed by atoms with van der Waals surface area (Å²) in [6, 6.07) is 15.4. The van der Waals surface area contributed by atoms with Crippen molar-refractivity contribution in [2.75, 3.05) is 0 Å². The Morgan fingerprint density at radius 1 is 1.25 bits per heavy atom. The number of ketones is 1. The lowest BCUT2D eigenvalue weighted by atomic mass is 10.1. The summed E-state index contributed by atoms with van der Waals surface area (Å²) < 4.78 is 5.57. The number of nitrogens with zero attached hydrogens (tertiary/aromatic N) is 1. The summed E-state index contributed by atoms with van der Waals surface area (Å²) in [6.45, 7) is 1.68. The number of ether oxygens (including phenoxy) is 1. The van der Waals surface area contributed by atoms with Crippen LogP contribution in [0.5, 0.6) is 5.75 Å². The van der Waals surface area contributed by atoms with E-state index in [1.165, 1.54) is 0 Å². The van der Waals surface area contributed by atoms with Crippen molar-refractivity contribution in [2.24, 2.45) is 0 Å². The molecule has 0 spiro atoms. The Balaban J connectivity index is 2.11. The number of nitriles is 1. The first-order valence-electron chi connectivity index (χ1n) is 6.07. The molecule has 0 aliphatic carbocycles. The largest absolute Gasteiger partial charge is 0.483 e. The van der Waals surface area contributed by atoms with Gasteiger partial charge in [-0.15, -0.1) is 0 Å². The second-order valence-corrected chi connectivity index (χ2v) is 4.71. The fourth-order valence-corrected chi connectivity index (χ4v) is 1.87. The number of rotatable bonds is 4. The van der Waals surface area contributed by atoms with Crippen LogP contribution >= 0.6 is 11.6 Å². The second kappa shape index (κ2) is 6.23. The summed E-state index contributed by atoms with van der Waals surface area (Å²) in [5, 5.41) is 9.40. The van der Waals surface area contributed by atoms with E-state index in [0.717, 1.165) is 0 Å². The number of carbonyl (C=O) groups is 1. The van der Waals surface area contributed by atoms with E-state index in [1.54, 1.807) is 55.5 Å². The first-order chi connectivity index (χ1) is 9.60. The van der Waals surface area contributed by atoms with Crippen molar-refractivity contribution in [1.29, 1.82) is 5.26 Å². The maximum atomic E-state index is 12.2. The Morgan fingerprint density at radius 3 is 2.60 bits per heavy atom. The summed E-state index contributed by atoms with van der Waals surface area (Å²) in [5.41, 5.74) is 1.03. The van der Waals surface area contributed by atoms with Gasteiger partial charge in [-0.1, -0.05) is 17.7 Å². The van der Waals surface area contributed by atoms with E-state index in [1.807, 2.05) is 6.07 Å². The Kier molecular flexibility index (Phi) is 4.39. The van der Waals surface area contributed by atoms with E-state index in [0.29, 0.717) is 21.9 Å². The van der Waals surface area contributed by atoms with Gasteiger partial charge in [-0.05, 0) is 49.4 Å². The average Bonchev–Trinajstić information content (AvgIpc) is 2.47. The third-order valence-electron chi connectivity index (χ3n) is 2.77. The van der Waals surface area contributed by atoms with Gasteiger partial charge in [-0.3, -0.25) is 4.79 Å². The molecule has 0 bridgehead atoms. The van der Waals surface area contributed by atoms with E-state index in [2.05, 4.69) is 0 Å². The quantitative estimate of drug-likeness (QED) is 0.802. The predicted octanol–water partition coefficient (Wildman–Crippen LogP) is 3.86. The molecule has 0 unspecified atom stereocenters. The summed E-state index contributed by atoms with van der Waals surface area (Å²) >= 11 is 5.79. The Bertz CT molecular complexity index is 659. The monoisotopic (exact) mass is 285 g/mol. The van der Waals surface area contributed by atoms with Crippen molar-refractivity contribution in [2.45, 2.75) is 13.0 Å². The lowest BCUT2D eigenvalue weighted by Gasteiger charge is -2.13. The molecular weight excluding hydrogens is 274 g/mol. The standard InChI is InChI=1S/C16H12ClNO2/c1-11(16(19)13-5-7-14(17)8-6-13)20-15-4-2-3-12(9-15)10-18/h2-9,11H,1H3/t11-/m1/s1. The third kappa shape index (κ3) is 3.37. The van der Waals surface area contributed by atoms with Crippen molar-refractivity contribution in [1.82, 2.24) is 0 Å². The van der Waals surface area contributed by atoms with Crippen molar-refractivity contribution in [3.63, 3.8) is 0 Å². The molecule has 0 aromatic heterocycles. The molecule has 4 heteroatoms. The van der Waals surface area contributed by atoms with Gasteiger partial charge in [0.25, 0.3) is 0 Å². The molecule has 0 saturated carbocycles. The lowest BCUT2D eigenvalue weighted by Crippen LogP contribution is -2.23. The highest BCUT2D eigenvalue weighted by molar-refractivity contribution is 6.30. The van der Waals surface area contributed by atoms with E-state index in [9.17, 15) is 4.79 Å². The summed E-state index contributed by atoms with van der Waals surface area (Å²) in [7, 11) is 0. The molecule has 0 aliphatic rings. The number of hydrogen-bond donors (Lipinski definition) is 0. The summed E-state index contributed by atoms with van der Waals surface area (Å²) in [4.78, 5) is 12.2. The average molecular weight is 286 g/mol. The van der Waals surface area contributed by atoms with Crippen LogP contribution in [0.3, 0.4) is 0 Å². The topological polar surface area (TPSA) is 50.1 Å². The van der Waals surface area contributed by atoms with Gasteiger partial charge in [0.05, 0.1) is 11.6 Å². The fourth-order valence-electron chi connectivity index (χ4n) is 1.75. The van der Waals surface area contributed by atoms with E-state index < -0.39 is 6.10 Å². The van der Waals surface area contributed by atoms with Gasteiger partial charge in [0.1, 0.15) is 5.75 Å². The van der Waals surface area contributed by atoms with Crippen molar-refractivity contribution in [3.8, 4) is 11.8 Å². The molecule has 0 heterocycles. The van der Waals surface area contributed by atoms with Crippen LogP contribution in [-0.4, -0.2) is 11.9 Å². The van der Waals surface area contributed by atoms with Gasteiger partial charge in [0.2, 0.25) is 5.78 Å². The highest BCUT2D eigenvalue weighted by atomic mass is 35.5. The number of carbonyl (C=O) groups excluding carboxylic acids is 1. The molecule has 0 aliphatic heterocycles. The second-order valence-electron chi connectivity index (χ2n) is 4.27. The molecule has 0 radical (unpaired) electrons. The van der Waals surface area contributed by atoms with E-state index in [-0.39, 0.29) is 5.78 Å². The zero-order chi connectivity index (χ0) is 14.5. The van der Waals surface area contributed by atoms with Gasteiger partial charge in [-0.25, -0.2) is 0 Å². The number of benzene rings is 2. The summed E-state index contributed by atoms with van der Waals surface area (Å²) in [5.74, 6) is 0.364. The van der Waals surface area contributed by atoms with Crippen LogP contribution in [0.4, 0.5) is 0 Å². The molecule has 1 atom stereocenters. The molecule has 3 nitrogen and oxygen atoms in total. The molecule has 0 N–H and O–H groups in total. The van der Waals surface area contributed by atoms with Crippen molar-refractivity contribution in [3.05, 3.63) is 64.7 Å². The molecule has 0 fully saturated rings. The molecule has 20 heavy (non-hydrogen) atoms. The lowest BCUT2D eigenvalue weighted by molar-refractivity contribution is 0.0818. The van der Waals surface area contributed by atoms with Crippen LogP contribution < -0.4 is 4.74 Å². The smallest absolute Gasteiger partial charge is 0.202 e. The highest BCUT2D eigenvalue weighted by Crippen LogP contribution is 2.17. The summed E-state index contributed by atoms with van der Waals surface area (Å²) in [6.07, 6.45) is -0.634. The number of halogens is 1. The third-order valence-corrected chi connectivity index (χ3v) is 3.03. The van der Waals surface area contributed by atoms with E-state index in [4.69, 9.17) is 21.6 Å². The first kappa shape index (κ1) is 14.1. The molecule has 2 aromatic rings. The molecule has 2 rings (SSSR count). The van der Waals surface area contributed by atoms with E-state index >= 15 is 0 Å².